The lowest BCUT2D eigenvalue weighted by molar-refractivity contribution is 0.0999. The molecule has 0 saturated carbocycles. The molecule has 2 aromatic heterocycles. The van der Waals surface area contributed by atoms with Crippen LogP contribution in [0.4, 0.5) is 11.4 Å². The number of amides is 2. The van der Waals surface area contributed by atoms with E-state index in [-0.39, 0.29) is 22.9 Å². The van der Waals surface area contributed by atoms with Crippen LogP contribution in [0.25, 0.3) is 22.2 Å². The zero-order valence-electron chi connectivity index (χ0n) is 18.8. The summed E-state index contributed by atoms with van der Waals surface area (Å²) in [5.74, 6) is -0.542. The van der Waals surface area contributed by atoms with Crippen molar-refractivity contribution >= 4 is 45.8 Å². The van der Waals surface area contributed by atoms with Gasteiger partial charge in [0.2, 0.25) is 5.76 Å². The minimum Gasteiger partial charge on any atom is -0.507 e. The molecule has 2 heterocycles. The van der Waals surface area contributed by atoms with E-state index in [1.807, 2.05) is 0 Å². The van der Waals surface area contributed by atoms with E-state index in [1.54, 1.807) is 67.8 Å². The van der Waals surface area contributed by atoms with E-state index in [0.29, 0.717) is 38.7 Å². The Hall–Kier alpha value is -4.76. The lowest BCUT2D eigenvalue weighted by Crippen LogP contribution is -2.17. The van der Waals surface area contributed by atoms with Gasteiger partial charge in [-0.3, -0.25) is 14.7 Å². The van der Waals surface area contributed by atoms with Crippen LogP contribution in [0.1, 0.15) is 21.0 Å². The molecule has 3 aromatic carbocycles. The lowest BCUT2D eigenvalue weighted by Gasteiger charge is -2.07. The Kier molecular flexibility index (Phi) is 6.05. The Morgan fingerprint density at radius 2 is 1.78 bits per heavy atom. The van der Waals surface area contributed by atoms with Gasteiger partial charge in [0, 0.05) is 21.7 Å². The number of rotatable bonds is 6. The Labute approximate surface area is 209 Å². The van der Waals surface area contributed by atoms with Gasteiger partial charge in [0.05, 0.1) is 12.8 Å². The van der Waals surface area contributed by atoms with Crippen LogP contribution in [0.2, 0.25) is 5.02 Å². The fourth-order valence-electron chi connectivity index (χ4n) is 3.66. The molecule has 36 heavy (non-hydrogen) atoms. The second-order valence-corrected chi connectivity index (χ2v) is 8.20. The Morgan fingerprint density at radius 1 is 1.00 bits per heavy atom. The van der Waals surface area contributed by atoms with Crippen molar-refractivity contribution in [3.63, 3.8) is 0 Å². The van der Waals surface area contributed by atoms with Crippen LogP contribution >= 0.6 is 11.6 Å². The van der Waals surface area contributed by atoms with E-state index >= 15 is 0 Å². The molecule has 0 radical (unpaired) electrons. The van der Waals surface area contributed by atoms with Crippen molar-refractivity contribution in [2.75, 3.05) is 17.7 Å². The monoisotopic (exact) mass is 502 g/mol. The largest absolute Gasteiger partial charge is 0.507 e. The molecular formula is C26H19ClN4O5. The third-order valence-corrected chi connectivity index (χ3v) is 5.68. The highest BCUT2D eigenvalue weighted by atomic mass is 35.5. The molecule has 0 unspecified atom stereocenters. The molecule has 5 aromatic rings. The molecule has 0 spiro atoms. The molecular weight excluding hydrogens is 484 g/mol. The van der Waals surface area contributed by atoms with Crippen molar-refractivity contribution in [1.29, 1.82) is 0 Å². The number of carbonyl (C=O) groups excluding carboxylic acids is 2. The van der Waals surface area contributed by atoms with Gasteiger partial charge in [0.1, 0.15) is 28.5 Å². The van der Waals surface area contributed by atoms with Crippen molar-refractivity contribution in [2.24, 2.45) is 0 Å². The van der Waals surface area contributed by atoms with Crippen molar-refractivity contribution in [3.05, 3.63) is 89.3 Å². The quantitative estimate of drug-likeness (QED) is 0.236. The third kappa shape index (κ3) is 4.47. The van der Waals surface area contributed by atoms with E-state index in [1.165, 1.54) is 12.1 Å². The first-order valence-electron chi connectivity index (χ1n) is 10.8. The predicted molar refractivity (Wildman–Crippen MR) is 136 cm³/mol. The van der Waals surface area contributed by atoms with Gasteiger partial charge in [0.25, 0.3) is 11.8 Å². The summed E-state index contributed by atoms with van der Waals surface area (Å²) in [4.78, 5) is 26.2. The Bertz CT molecular complexity index is 1590. The predicted octanol–water partition coefficient (Wildman–Crippen LogP) is 5.70. The average Bonchev–Trinajstić information content (AvgIpc) is 3.52. The topological polar surface area (TPSA) is 129 Å². The fourth-order valence-corrected chi connectivity index (χ4v) is 3.83. The van der Waals surface area contributed by atoms with E-state index in [9.17, 15) is 14.7 Å². The normalized spacial score (nSPS) is 10.8. The van der Waals surface area contributed by atoms with Crippen LogP contribution in [0.15, 0.2) is 77.2 Å². The van der Waals surface area contributed by atoms with E-state index in [2.05, 4.69) is 20.8 Å². The van der Waals surface area contributed by atoms with Crippen molar-refractivity contribution < 1.29 is 23.8 Å². The first kappa shape index (κ1) is 23.0. The summed E-state index contributed by atoms with van der Waals surface area (Å²) in [6, 6.07) is 19.8. The number of benzene rings is 3. The molecule has 0 bridgehead atoms. The summed E-state index contributed by atoms with van der Waals surface area (Å²) in [5.41, 5.74) is 1.97. The molecule has 9 nitrogen and oxygen atoms in total. The zero-order valence-corrected chi connectivity index (χ0v) is 19.6. The number of anilines is 2. The van der Waals surface area contributed by atoms with Gasteiger partial charge in [-0.05, 0) is 60.7 Å². The second kappa shape index (κ2) is 9.47. The second-order valence-electron chi connectivity index (χ2n) is 7.77. The minimum atomic E-state index is -0.555. The number of nitrogens with one attached hydrogen (secondary N) is 3. The summed E-state index contributed by atoms with van der Waals surface area (Å²) >= 11 is 6.02. The highest BCUT2D eigenvalue weighted by molar-refractivity contribution is 6.31. The van der Waals surface area contributed by atoms with Crippen molar-refractivity contribution in [3.8, 4) is 22.8 Å². The summed E-state index contributed by atoms with van der Waals surface area (Å²) in [7, 11) is 1.55. The molecule has 2 amide bonds. The van der Waals surface area contributed by atoms with Gasteiger partial charge in [-0.15, -0.1) is 0 Å². The Morgan fingerprint density at radius 3 is 2.56 bits per heavy atom. The number of methoxy groups -OCH3 is 1. The maximum absolute atomic E-state index is 13.1. The van der Waals surface area contributed by atoms with E-state index in [4.69, 9.17) is 20.8 Å². The molecule has 0 atom stereocenters. The maximum Gasteiger partial charge on any atom is 0.293 e. The highest BCUT2D eigenvalue weighted by Crippen LogP contribution is 2.33. The number of halogens is 1. The van der Waals surface area contributed by atoms with Crippen LogP contribution in [0.3, 0.4) is 0 Å². The molecule has 180 valence electrons. The number of H-pyrrole nitrogens is 1. The lowest BCUT2D eigenvalue weighted by atomic mass is 10.1. The van der Waals surface area contributed by atoms with Crippen LogP contribution in [0, 0.1) is 0 Å². The SMILES string of the molecule is COc1ccc(NC(=O)c2oc3ccccc3c2NC(=O)c2cc(-c3cc(Cl)ccc3O)n[nH]2)cc1. The van der Waals surface area contributed by atoms with Gasteiger partial charge in [-0.25, -0.2) is 0 Å². The number of phenolic OH excluding ortho intramolecular Hbond substituents is 1. The number of nitrogens with zero attached hydrogens (tertiary/aromatic N) is 1. The van der Waals surface area contributed by atoms with Gasteiger partial charge in [0.15, 0.2) is 0 Å². The van der Waals surface area contributed by atoms with Crippen molar-refractivity contribution in [2.45, 2.75) is 0 Å². The molecule has 0 aliphatic heterocycles. The third-order valence-electron chi connectivity index (χ3n) is 5.45. The van der Waals surface area contributed by atoms with Gasteiger partial charge < -0.3 is 24.9 Å². The molecule has 0 aliphatic carbocycles. The maximum atomic E-state index is 13.1. The number of hydrogen-bond donors (Lipinski definition) is 4. The number of aromatic nitrogens is 2. The molecule has 10 heteroatoms. The number of aromatic hydroxyl groups is 1. The van der Waals surface area contributed by atoms with Crippen LogP contribution < -0.4 is 15.4 Å². The standard InChI is InChI=1S/C26H19ClN4O5/c1-35-16-9-7-15(8-10-16)28-26(34)24-23(17-4-2-3-5-22(17)36-24)29-25(33)20-13-19(30-31-20)18-12-14(27)6-11-21(18)32/h2-13,32H,1H3,(H,28,34)(H,29,33)(H,30,31). The number of hydrogen-bond acceptors (Lipinski definition) is 6. The number of phenols is 1. The average molecular weight is 503 g/mol. The molecule has 0 saturated heterocycles. The number of aromatic amines is 1. The van der Waals surface area contributed by atoms with Crippen LogP contribution in [0.5, 0.6) is 11.5 Å². The van der Waals surface area contributed by atoms with Crippen molar-refractivity contribution in [1.82, 2.24) is 10.2 Å². The molecule has 0 aliphatic rings. The number of ether oxygens (including phenoxy) is 1. The van der Waals surface area contributed by atoms with E-state index in [0.717, 1.165) is 0 Å². The first-order chi connectivity index (χ1) is 17.4. The van der Waals surface area contributed by atoms with Crippen LogP contribution in [-0.4, -0.2) is 34.2 Å². The number of furan rings is 1. The number of fused-ring (bicyclic) bond motifs is 1. The summed E-state index contributed by atoms with van der Waals surface area (Å²) < 4.78 is 10.9. The molecule has 4 N–H and O–H groups in total. The zero-order chi connectivity index (χ0) is 25.2. The van der Waals surface area contributed by atoms with Crippen LogP contribution in [-0.2, 0) is 0 Å². The summed E-state index contributed by atoms with van der Waals surface area (Å²) in [5, 5.41) is 23.4. The summed E-state index contributed by atoms with van der Waals surface area (Å²) in [6.45, 7) is 0. The summed E-state index contributed by atoms with van der Waals surface area (Å²) in [6.07, 6.45) is 0. The fraction of sp³-hybridized carbons (Fsp3) is 0.0385. The number of carbonyl (C=O) groups is 2. The highest BCUT2D eigenvalue weighted by Gasteiger charge is 2.24. The smallest absolute Gasteiger partial charge is 0.293 e. The van der Waals surface area contributed by atoms with Gasteiger partial charge in [-0.2, -0.15) is 5.10 Å². The minimum absolute atomic E-state index is 0.0313. The van der Waals surface area contributed by atoms with Gasteiger partial charge >= 0.3 is 0 Å². The molecule has 0 fully saturated rings. The molecule has 5 rings (SSSR count). The van der Waals surface area contributed by atoms with E-state index < -0.39 is 11.8 Å². The van der Waals surface area contributed by atoms with Gasteiger partial charge in [-0.1, -0.05) is 23.7 Å². The first-order valence-corrected chi connectivity index (χ1v) is 11.1. The number of para-hydroxylation sites is 1. The Balaban J connectivity index is 1.44.